The molecule has 0 aliphatic heterocycles. The van der Waals surface area contributed by atoms with Crippen LogP contribution in [0.1, 0.15) is 37.3 Å². The van der Waals surface area contributed by atoms with Gasteiger partial charge in [-0.3, -0.25) is 0 Å². The Kier molecular flexibility index (Phi) is 4.74. The van der Waals surface area contributed by atoms with Crippen LogP contribution in [0.25, 0.3) is 11.0 Å². The third-order valence-electron chi connectivity index (χ3n) is 4.47. The normalized spacial score (nSPS) is 13.4. The van der Waals surface area contributed by atoms with Crippen molar-refractivity contribution < 1.29 is 13.6 Å². The first kappa shape index (κ1) is 17.0. The van der Waals surface area contributed by atoms with E-state index < -0.39 is 6.04 Å². The number of hydrogen-bond donors (Lipinski definition) is 1. The van der Waals surface area contributed by atoms with Crippen molar-refractivity contribution in [2.45, 2.75) is 25.9 Å². The number of nitrogens with zero attached hydrogens (tertiary/aromatic N) is 1. The van der Waals surface area contributed by atoms with Gasteiger partial charge < -0.3 is 14.6 Å². The lowest BCUT2D eigenvalue weighted by Gasteiger charge is -2.26. The van der Waals surface area contributed by atoms with Crippen molar-refractivity contribution in [2.24, 2.45) is 0 Å². The van der Waals surface area contributed by atoms with Crippen LogP contribution >= 0.6 is 0 Å². The predicted molar refractivity (Wildman–Crippen MR) is 95.7 cm³/mol. The van der Waals surface area contributed by atoms with E-state index in [9.17, 15) is 9.18 Å². The van der Waals surface area contributed by atoms with Crippen LogP contribution < -0.4 is 5.32 Å². The summed E-state index contributed by atoms with van der Waals surface area (Å²) in [5, 5.41) is 3.82. The summed E-state index contributed by atoms with van der Waals surface area (Å²) in [6, 6.07) is 15.1. The van der Waals surface area contributed by atoms with Crippen molar-refractivity contribution in [3.05, 3.63) is 71.7 Å². The van der Waals surface area contributed by atoms with E-state index in [1.54, 1.807) is 37.1 Å². The molecule has 0 bridgehead atoms. The Morgan fingerprint density at radius 3 is 2.52 bits per heavy atom. The number of benzene rings is 2. The van der Waals surface area contributed by atoms with Crippen LogP contribution in [-0.4, -0.2) is 18.0 Å². The molecule has 2 aromatic carbocycles. The van der Waals surface area contributed by atoms with Crippen LogP contribution in [0.2, 0.25) is 0 Å². The summed E-state index contributed by atoms with van der Waals surface area (Å²) >= 11 is 0. The molecule has 1 N–H and O–H groups in total. The molecule has 0 fully saturated rings. The van der Waals surface area contributed by atoms with Crippen molar-refractivity contribution in [2.75, 3.05) is 7.05 Å². The minimum Gasteiger partial charge on any atom is -0.459 e. The molecule has 25 heavy (non-hydrogen) atoms. The molecule has 1 heterocycles. The van der Waals surface area contributed by atoms with E-state index in [0.29, 0.717) is 11.3 Å². The highest BCUT2D eigenvalue weighted by Crippen LogP contribution is 2.27. The smallest absolute Gasteiger partial charge is 0.318 e. The van der Waals surface area contributed by atoms with Gasteiger partial charge in [0.2, 0.25) is 0 Å². The molecule has 0 spiro atoms. The number of rotatable bonds is 4. The number of hydrogen-bond acceptors (Lipinski definition) is 2. The van der Waals surface area contributed by atoms with Gasteiger partial charge in [0.25, 0.3) is 0 Å². The van der Waals surface area contributed by atoms with Crippen LogP contribution in [0, 0.1) is 5.82 Å². The Balaban J connectivity index is 1.72. The van der Waals surface area contributed by atoms with E-state index in [-0.39, 0.29) is 17.9 Å². The minimum atomic E-state index is -0.431. The van der Waals surface area contributed by atoms with Crippen molar-refractivity contribution >= 4 is 17.0 Å². The third-order valence-corrected chi connectivity index (χ3v) is 4.47. The molecule has 2 amide bonds. The highest BCUT2D eigenvalue weighted by molar-refractivity contribution is 5.78. The van der Waals surface area contributed by atoms with Crippen LogP contribution in [0.15, 0.2) is 59.0 Å². The largest absolute Gasteiger partial charge is 0.459 e. The van der Waals surface area contributed by atoms with E-state index in [1.165, 1.54) is 6.07 Å². The van der Waals surface area contributed by atoms with Gasteiger partial charge in [0.15, 0.2) is 0 Å². The second-order valence-electron chi connectivity index (χ2n) is 6.17. The predicted octanol–water partition coefficient (Wildman–Crippen LogP) is 5.04. The minimum absolute atomic E-state index is 0.250. The standard InChI is InChI=1S/C20H21FN2O2/c1-13(16-9-5-6-10-17(16)21)22-20(24)23(3)14(2)19-12-15-8-4-7-11-18(15)25-19/h4-14H,1-3H3,(H,22,24)/t13-,14+/m1/s1. The number of urea groups is 1. The van der Waals surface area contributed by atoms with Crippen LogP contribution in [0.5, 0.6) is 0 Å². The number of halogens is 1. The molecule has 0 aliphatic carbocycles. The number of para-hydroxylation sites is 1. The van der Waals surface area contributed by atoms with E-state index in [1.807, 2.05) is 37.3 Å². The first-order chi connectivity index (χ1) is 12.0. The third kappa shape index (κ3) is 3.50. The molecular formula is C20H21FN2O2. The Morgan fingerprint density at radius 1 is 1.12 bits per heavy atom. The fourth-order valence-corrected chi connectivity index (χ4v) is 2.77. The van der Waals surface area contributed by atoms with Crippen LogP contribution in [0.4, 0.5) is 9.18 Å². The van der Waals surface area contributed by atoms with E-state index >= 15 is 0 Å². The first-order valence-corrected chi connectivity index (χ1v) is 8.23. The van der Waals surface area contributed by atoms with Gasteiger partial charge in [0, 0.05) is 18.0 Å². The lowest BCUT2D eigenvalue weighted by atomic mass is 10.1. The lowest BCUT2D eigenvalue weighted by molar-refractivity contribution is 0.184. The molecule has 0 aliphatic rings. The zero-order valence-corrected chi connectivity index (χ0v) is 14.5. The van der Waals surface area contributed by atoms with Crippen LogP contribution in [0.3, 0.4) is 0 Å². The SMILES string of the molecule is C[C@@H](NC(=O)N(C)[C@@H](C)c1cc2ccccc2o1)c1ccccc1F. The number of fused-ring (bicyclic) bond motifs is 1. The molecule has 5 heteroatoms. The second kappa shape index (κ2) is 6.97. The highest BCUT2D eigenvalue weighted by atomic mass is 19.1. The second-order valence-corrected chi connectivity index (χ2v) is 6.17. The topological polar surface area (TPSA) is 45.5 Å². The molecule has 0 radical (unpaired) electrons. The number of amides is 2. The van der Waals surface area contributed by atoms with Crippen molar-refractivity contribution in [1.82, 2.24) is 10.2 Å². The molecular weight excluding hydrogens is 319 g/mol. The van der Waals surface area contributed by atoms with Crippen molar-refractivity contribution in [1.29, 1.82) is 0 Å². The van der Waals surface area contributed by atoms with Crippen molar-refractivity contribution in [3.8, 4) is 0 Å². The summed E-state index contributed by atoms with van der Waals surface area (Å²) in [4.78, 5) is 14.1. The first-order valence-electron chi connectivity index (χ1n) is 8.23. The molecule has 130 valence electrons. The summed E-state index contributed by atoms with van der Waals surface area (Å²) in [5.74, 6) is 0.376. The average Bonchev–Trinajstić information content (AvgIpc) is 3.04. The van der Waals surface area contributed by atoms with Gasteiger partial charge >= 0.3 is 6.03 Å². The number of carbonyl (C=O) groups excluding carboxylic acids is 1. The van der Waals surface area contributed by atoms with Gasteiger partial charge in [-0.2, -0.15) is 0 Å². The molecule has 4 nitrogen and oxygen atoms in total. The molecule has 0 unspecified atom stereocenters. The summed E-state index contributed by atoms with van der Waals surface area (Å²) in [7, 11) is 1.70. The zero-order valence-electron chi connectivity index (χ0n) is 14.5. The van der Waals surface area contributed by atoms with Crippen LogP contribution in [-0.2, 0) is 0 Å². The summed E-state index contributed by atoms with van der Waals surface area (Å²) in [6.45, 7) is 3.65. The van der Waals surface area contributed by atoms with Gasteiger partial charge in [-0.15, -0.1) is 0 Å². The fraction of sp³-hybridized carbons (Fsp3) is 0.250. The molecule has 0 saturated heterocycles. The maximum absolute atomic E-state index is 13.9. The monoisotopic (exact) mass is 340 g/mol. The molecule has 0 saturated carbocycles. The van der Waals surface area contributed by atoms with Gasteiger partial charge in [-0.1, -0.05) is 36.4 Å². The van der Waals surface area contributed by atoms with Gasteiger partial charge in [0.1, 0.15) is 17.2 Å². The van der Waals surface area contributed by atoms with Gasteiger partial charge in [0.05, 0.1) is 12.1 Å². The quantitative estimate of drug-likeness (QED) is 0.723. The summed E-state index contributed by atoms with van der Waals surface area (Å²) in [5.41, 5.74) is 1.25. The van der Waals surface area contributed by atoms with Gasteiger partial charge in [-0.25, -0.2) is 9.18 Å². The van der Waals surface area contributed by atoms with E-state index in [0.717, 1.165) is 11.0 Å². The number of furan rings is 1. The van der Waals surface area contributed by atoms with Gasteiger partial charge in [-0.05, 0) is 32.0 Å². The number of carbonyl (C=O) groups is 1. The van der Waals surface area contributed by atoms with E-state index in [4.69, 9.17) is 4.42 Å². The molecule has 3 rings (SSSR count). The fourth-order valence-electron chi connectivity index (χ4n) is 2.77. The molecule has 1 aromatic heterocycles. The zero-order chi connectivity index (χ0) is 18.0. The molecule has 2 atom stereocenters. The Bertz CT molecular complexity index is 857. The highest BCUT2D eigenvalue weighted by Gasteiger charge is 2.22. The lowest BCUT2D eigenvalue weighted by Crippen LogP contribution is -2.40. The Hall–Kier alpha value is -2.82. The molecule has 3 aromatic rings. The average molecular weight is 340 g/mol. The maximum Gasteiger partial charge on any atom is 0.318 e. The summed E-state index contributed by atoms with van der Waals surface area (Å²) in [6.07, 6.45) is 0. The Labute approximate surface area is 146 Å². The maximum atomic E-state index is 13.9. The Morgan fingerprint density at radius 2 is 1.80 bits per heavy atom. The van der Waals surface area contributed by atoms with E-state index in [2.05, 4.69) is 5.32 Å². The van der Waals surface area contributed by atoms with Crippen molar-refractivity contribution in [3.63, 3.8) is 0 Å². The summed E-state index contributed by atoms with van der Waals surface area (Å²) < 4.78 is 19.7. The number of nitrogens with one attached hydrogen (secondary N) is 1.